The Labute approximate surface area is 311 Å². The van der Waals surface area contributed by atoms with Gasteiger partial charge in [-0.1, -0.05) is 56.1 Å². The van der Waals surface area contributed by atoms with Gasteiger partial charge in [0.25, 0.3) is 11.5 Å². The number of H-pyrrole nitrogens is 1. The zero-order valence-electron chi connectivity index (χ0n) is 28.1. The van der Waals surface area contributed by atoms with Gasteiger partial charge in [-0.25, -0.2) is 14.3 Å². The van der Waals surface area contributed by atoms with Gasteiger partial charge in [0, 0.05) is 41.8 Å². The zero-order chi connectivity index (χ0) is 36.3. The minimum Gasteiger partial charge on any atom is -0.469 e. The van der Waals surface area contributed by atoms with Crippen LogP contribution in [0.1, 0.15) is 65.1 Å². The van der Waals surface area contributed by atoms with Crippen LogP contribution in [-0.2, 0) is 31.8 Å². The van der Waals surface area contributed by atoms with Gasteiger partial charge in [-0.05, 0) is 61.1 Å². The molecule has 5 aromatic rings. The number of aromatic amines is 1. The minimum absolute atomic E-state index is 0.134. The Balaban J connectivity index is 0.000000161. The third kappa shape index (κ3) is 10.3. The van der Waals surface area contributed by atoms with Crippen LogP contribution in [0.4, 0.5) is 5.82 Å². The molecule has 7 rings (SSSR count). The Morgan fingerprint density at radius 2 is 1.39 bits per heavy atom. The van der Waals surface area contributed by atoms with Crippen LogP contribution in [0.15, 0.2) is 74.7 Å². The number of halogens is 2. The van der Waals surface area contributed by atoms with Gasteiger partial charge < -0.3 is 30.7 Å². The van der Waals surface area contributed by atoms with Gasteiger partial charge in [0.2, 0.25) is 0 Å². The number of aromatic nitrogens is 6. The van der Waals surface area contributed by atoms with E-state index in [0.29, 0.717) is 54.3 Å². The number of amides is 1. The first kappa shape index (κ1) is 37.9. The predicted molar refractivity (Wildman–Crippen MR) is 198 cm³/mol. The van der Waals surface area contributed by atoms with Crippen LogP contribution in [0.5, 0.6) is 0 Å². The molecule has 5 N–H and O–H groups in total. The van der Waals surface area contributed by atoms with Crippen LogP contribution in [0, 0.1) is 0 Å². The molecule has 2 aromatic carbocycles. The Morgan fingerprint density at radius 1 is 0.863 bits per heavy atom. The minimum atomic E-state index is -0.536. The molecule has 270 valence electrons. The Bertz CT molecular complexity index is 1970. The molecular weight excluding hydrogens is 788 g/mol. The summed E-state index contributed by atoms with van der Waals surface area (Å²) in [5, 5.41) is 9.05. The molecule has 0 aliphatic carbocycles. The van der Waals surface area contributed by atoms with Crippen LogP contribution in [0.3, 0.4) is 0 Å². The maximum absolute atomic E-state index is 12.4. The van der Waals surface area contributed by atoms with Crippen molar-refractivity contribution in [1.29, 1.82) is 0 Å². The van der Waals surface area contributed by atoms with Gasteiger partial charge in [0.1, 0.15) is 22.6 Å². The summed E-state index contributed by atoms with van der Waals surface area (Å²) in [6.07, 6.45) is 7.48. The molecule has 0 radical (unpaired) electrons. The van der Waals surface area contributed by atoms with Gasteiger partial charge in [-0.2, -0.15) is 10.2 Å². The van der Waals surface area contributed by atoms with Crippen LogP contribution in [0.25, 0.3) is 11.0 Å². The van der Waals surface area contributed by atoms with E-state index in [1.165, 1.54) is 13.3 Å². The number of carbonyl (C=O) groups is 2. The Hall–Kier alpha value is -4.38. The number of benzene rings is 2. The average molecular weight is 829 g/mol. The van der Waals surface area contributed by atoms with Gasteiger partial charge in [-0.3, -0.25) is 14.4 Å². The number of hydrogen-bond acceptors (Lipinski definition) is 10. The molecule has 2 aliphatic heterocycles. The fourth-order valence-electron chi connectivity index (χ4n) is 5.68. The van der Waals surface area contributed by atoms with Crippen LogP contribution in [0.2, 0.25) is 0 Å². The number of methoxy groups -OCH3 is 1. The monoisotopic (exact) mass is 826 g/mol. The van der Waals surface area contributed by atoms with Gasteiger partial charge in [0.05, 0.1) is 38.0 Å². The maximum Gasteiger partial charge on any atom is 0.309 e. The lowest BCUT2D eigenvalue weighted by Gasteiger charge is -2.23. The van der Waals surface area contributed by atoms with Crippen molar-refractivity contribution in [1.82, 2.24) is 29.5 Å². The summed E-state index contributed by atoms with van der Waals surface area (Å²) < 4.78 is 20.8. The molecule has 1 amide bonds. The van der Waals surface area contributed by atoms with Gasteiger partial charge in [0.15, 0.2) is 5.65 Å². The molecule has 2 fully saturated rings. The van der Waals surface area contributed by atoms with Crippen molar-refractivity contribution in [2.75, 3.05) is 39.3 Å². The standard InChI is InChI=1S/C17H17BrN4O2.C9H9BrO2.C9H14N4O2/c18-12-3-1-11(2-4-12)9-15-20-16-14(17(23)21-15)10-19-22(16)13-5-7-24-8-6-13;1-12-9(11)6-7-2-4-8(10)5-3-7;10-8-7(9(11)14)5-12-13(8)6-1-3-15-4-2-6/h1-4,10,13H,5-9H2,(H,20,21,23);2-5H,6H2,1H3;5-6H,1-4,10H2,(H2,11,14). The predicted octanol–water partition coefficient (Wildman–Crippen LogP) is 4.90. The first-order chi connectivity index (χ1) is 24.6. The molecule has 2 aliphatic rings. The molecule has 14 nitrogen and oxygen atoms in total. The van der Waals surface area contributed by atoms with E-state index >= 15 is 0 Å². The topological polar surface area (TPSA) is 195 Å². The molecule has 0 bridgehead atoms. The number of carbonyl (C=O) groups excluding carboxylic acids is 2. The summed E-state index contributed by atoms with van der Waals surface area (Å²) >= 11 is 6.74. The highest BCUT2D eigenvalue weighted by atomic mass is 79.9. The van der Waals surface area contributed by atoms with E-state index in [4.69, 9.17) is 20.9 Å². The quantitative estimate of drug-likeness (QED) is 0.190. The van der Waals surface area contributed by atoms with Gasteiger partial charge in [-0.15, -0.1) is 0 Å². The number of primary amides is 1. The first-order valence-electron chi connectivity index (χ1n) is 16.4. The van der Waals surface area contributed by atoms with E-state index in [0.717, 1.165) is 59.0 Å². The lowest BCUT2D eigenvalue weighted by atomic mass is 10.1. The summed E-state index contributed by atoms with van der Waals surface area (Å²) in [4.78, 5) is 41.7. The molecule has 0 saturated carbocycles. The van der Waals surface area contributed by atoms with E-state index in [9.17, 15) is 14.4 Å². The van der Waals surface area contributed by atoms with Crippen molar-refractivity contribution in [2.45, 2.75) is 50.6 Å². The number of rotatable bonds is 7. The number of nitrogens with two attached hydrogens (primary N) is 2. The lowest BCUT2D eigenvalue weighted by Crippen LogP contribution is -2.22. The summed E-state index contributed by atoms with van der Waals surface area (Å²) in [6.45, 7) is 2.85. The Morgan fingerprint density at radius 3 is 1.92 bits per heavy atom. The largest absolute Gasteiger partial charge is 0.469 e. The number of nitrogen functional groups attached to an aromatic ring is 1. The number of ether oxygens (including phenoxy) is 3. The van der Waals surface area contributed by atoms with Crippen LogP contribution in [-0.4, -0.2) is 74.9 Å². The fourth-order valence-corrected chi connectivity index (χ4v) is 6.21. The lowest BCUT2D eigenvalue weighted by molar-refractivity contribution is -0.139. The van der Waals surface area contributed by atoms with Crippen molar-refractivity contribution in [3.05, 3.63) is 103 Å². The number of hydrogen-bond donors (Lipinski definition) is 3. The highest BCUT2D eigenvalue weighted by Gasteiger charge is 2.22. The van der Waals surface area contributed by atoms with Crippen molar-refractivity contribution < 1.29 is 23.8 Å². The Kier molecular flexibility index (Phi) is 13.5. The van der Waals surface area contributed by atoms with Crippen molar-refractivity contribution in [2.24, 2.45) is 5.73 Å². The molecule has 0 unspecified atom stereocenters. The molecule has 51 heavy (non-hydrogen) atoms. The molecule has 2 saturated heterocycles. The van der Waals surface area contributed by atoms with E-state index in [2.05, 4.69) is 56.8 Å². The van der Waals surface area contributed by atoms with Crippen LogP contribution < -0.4 is 17.0 Å². The second kappa shape index (κ2) is 18.2. The number of nitrogens with zero attached hydrogens (tertiary/aromatic N) is 5. The summed E-state index contributed by atoms with van der Waals surface area (Å²) in [7, 11) is 1.39. The summed E-state index contributed by atoms with van der Waals surface area (Å²) in [5.74, 6) is 0.265. The van der Waals surface area contributed by atoms with Crippen LogP contribution >= 0.6 is 31.9 Å². The number of anilines is 1. The highest BCUT2D eigenvalue weighted by molar-refractivity contribution is 9.10. The maximum atomic E-state index is 12.4. The third-order valence-electron chi connectivity index (χ3n) is 8.46. The van der Waals surface area contributed by atoms with E-state index < -0.39 is 5.91 Å². The summed E-state index contributed by atoms with van der Waals surface area (Å²) in [5.41, 5.74) is 13.8. The zero-order valence-corrected chi connectivity index (χ0v) is 31.3. The van der Waals surface area contributed by atoms with E-state index in [1.807, 2.05) is 53.2 Å². The molecular formula is C35H40Br2N8O6. The van der Waals surface area contributed by atoms with Gasteiger partial charge >= 0.3 is 5.97 Å². The number of esters is 1. The van der Waals surface area contributed by atoms with E-state index in [1.54, 1.807) is 10.9 Å². The highest BCUT2D eigenvalue weighted by Crippen LogP contribution is 2.25. The smallest absolute Gasteiger partial charge is 0.309 e. The number of fused-ring (bicyclic) bond motifs is 1. The molecule has 16 heteroatoms. The fraction of sp³-hybridized carbons (Fsp3) is 0.371. The number of nitrogens with one attached hydrogen (secondary N) is 1. The summed E-state index contributed by atoms with van der Waals surface area (Å²) in [6, 6.07) is 16.0. The van der Waals surface area contributed by atoms with Crippen molar-refractivity contribution in [3.8, 4) is 0 Å². The second-order valence-electron chi connectivity index (χ2n) is 12.0. The SMILES string of the molecule is COC(=O)Cc1ccc(Br)cc1.NC(=O)c1cnn(C2CCOCC2)c1N.O=c1[nH]c(Cc2ccc(Br)cc2)nc2c1cnn2C1CCOCC1. The average Bonchev–Trinajstić information content (AvgIpc) is 3.75. The third-order valence-corrected chi connectivity index (χ3v) is 9.52. The first-order valence-corrected chi connectivity index (χ1v) is 18.0. The molecule has 5 heterocycles. The van der Waals surface area contributed by atoms with Crippen molar-refractivity contribution in [3.63, 3.8) is 0 Å². The molecule has 0 spiro atoms. The molecule has 3 aromatic heterocycles. The molecule has 0 atom stereocenters. The van der Waals surface area contributed by atoms with E-state index in [-0.39, 0.29) is 23.6 Å². The second-order valence-corrected chi connectivity index (χ2v) is 13.8. The van der Waals surface area contributed by atoms with Crippen molar-refractivity contribution >= 4 is 60.6 Å². The normalized spacial score (nSPS) is 15.0.